The predicted octanol–water partition coefficient (Wildman–Crippen LogP) is 4.05. The lowest BCUT2D eigenvalue weighted by molar-refractivity contribution is -0.142. The van der Waals surface area contributed by atoms with E-state index >= 15 is 0 Å². The summed E-state index contributed by atoms with van der Waals surface area (Å²) < 4.78 is 0. The van der Waals surface area contributed by atoms with Crippen molar-refractivity contribution in [2.45, 2.75) is 65.2 Å². The molecule has 1 saturated carbocycles. The predicted molar refractivity (Wildman–Crippen MR) is 105 cm³/mol. The lowest BCUT2D eigenvalue weighted by atomic mass is 9.81. The molecule has 2 aliphatic rings. The number of nitrogens with zero attached hydrogens (tertiary/aromatic N) is 1. The molecule has 0 bridgehead atoms. The number of benzene rings is 1. The monoisotopic (exact) mass is 370 g/mol. The van der Waals surface area contributed by atoms with Crippen LogP contribution in [0.2, 0.25) is 0 Å². The van der Waals surface area contributed by atoms with Crippen molar-refractivity contribution in [3.05, 3.63) is 29.3 Å². The molecule has 0 aromatic heterocycles. The van der Waals surface area contributed by atoms with Gasteiger partial charge < -0.3 is 5.32 Å². The molecule has 27 heavy (non-hydrogen) atoms. The molecule has 1 aliphatic heterocycles. The molecule has 1 aliphatic carbocycles. The normalized spacial score (nSPS) is 22.5. The summed E-state index contributed by atoms with van der Waals surface area (Å²) in [5, 5.41) is 3.01. The van der Waals surface area contributed by atoms with E-state index in [2.05, 4.69) is 33.0 Å². The Bertz CT molecular complexity index is 704. The van der Waals surface area contributed by atoms with E-state index in [1.54, 1.807) is 0 Å². The zero-order valence-electron chi connectivity index (χ0n) is 16.7. The third kappa shape index (κ3) is 3.78. The number of nitrogens with one attached hydrogen (secondary N) is 1. The lowest BCUT2D eigenvalue weighted by Crippen LogP contribution is -2.38. The number of carbonyl (C=O) groups is 3. The van der Waals surface area contributed by atoms with E-state index in [1.807, 2.05) is 18.2 Å². The number of para-hydroxylation sites is 1. The lowest BCUT2D eigenvalue weighted by Gasteiger charge is -2.21. The molecule has 5 heteroatoms. The van der Waals surface area contributed by atoms with Crippen LogP contribution in [0.25, 0.3) is 0 Å². The maximum Gasteiger partial charge on any atom is 0.244 e. The molecule has 1 saturated heterocycles. The topological polar surface area (TPSA) is 66.5 Å². The maximum absolute atomic E-state index is 12.8. The van der Waals surface area contributed by atoms with Crippen molar-refractivity contribution in [1.82, 2.24) is 4.90 Å². The third-order valence-electron chi connectivity index (χ3n) is 5.87. The first-order valence-electron chi connectivity index (χ1n) is 10.1. The highest BCUT2D eigenvalue weighted by Gasteiger charge is 2.48. The summed E-state index contributed by atoms with van der Waals surface area (Å²) in [7, 11) is 0. The third-order valence-corrected chi connectivity index (χ3v) is 5.87. The minimum Gasteiger partial charge on any atom is -0.324 e. The Hall–Kier alpha value is -2.17. The van der Waals surface area contributed by atoms with Crippen molar-refractivity contribution in [2.24, 2.45) is 11.8 Å². The molecule has 1 aromatic rings. The molecule has 2 fully saturated rings. The second-order valence-corrected chi connectivity index (χ2v) is 8.43. The van der Waals surface area contributed by atoms with Crippen LogP contribution < -0.4 is 5.32 Å². The van der Waals surface area contributed by atoms with Gasteiger partial charge in [0.25, 0.3) is 0 Å². The zero-order valence-corrected chi connectivity index (χ0v) is 16.7. The summed E-state index contributed by atoms with van der Waals surface area (Å²) >= 11 is 0. The van der Waals surface area contributed by atoms with Gasteiger partial charge in [0.2, 0.25) is 17.7 Å². The SMILES string of the molecule is CC(C)c1cccc(C(C)C)c1NC(=O)CN1C(=O)C2CCCCC2C1=O. The van der Waals surface area contributed by atoms with Crippen molar-refractivity contribution in [3.63, 3.8) is 0 Å². The number of hydrogen-bond donors (Lipinski definition) is 1. The Balaban J connectivity index is 1.79. The van der Waals surface area contributed by atoms with E-state index in [0.717, 1.165) is 42.5 Å². The molecule has 3 amide bonds. The van der Waals surface area contributed by atoms with Gasteiger partial charge in [0.05, 0.1) is 11.8 Å². The Kier molecular flexibility index (Phi) is 5.68. The molecule has 1 N–H and O–H groups in total. The van der Waals surface area contributed by atoms with Gasteiger partial charge >= 0.3 is 0 Å². The van der Waals surface area contributed by atoms with Crippen LogP contribution in [0.1, 0.15) is 76.3 Å². The van der Waals surface area contributed by atoms with Crippen LogP contribution in [0.3, 0.4) is 0 Å². The summed E-state index contributed by atoms with van der Waals surface area (Å²) in [6.45, 7) is 8.18. The summed E-state index contributed by atoms with van der Waals surface area (Å²) in [5.74, 6) is -0.539. The zero-order chi connectivity index (χ0) is 19.7. The molecule has 146 valence electrons. The van der Waals surface area contributed by atoms with Crippen molar-refractivity contribution in [1.29, 1.82) is 0 Å². The van der Waals surface area contributed by atoms with Gasteiger partial charge in [0.15, 0.2) is 0 Å². The first-order chi connectivity index (χ1) is 12.8. The van der Waals surface area contributed by atoms with Gasteiger partial charge in [-0.1, -0.05) is 58.7 Å². The molecule has 0 spiro atoms. The highest BCUT2D eigenvalue weighted by Crippen LogP contribution is 2.38. The molecule has 2 unspecified atom stereocenters. The molecule has 2 atom stereocenters. The van der Waals surface area contributed by atoms with Crippen molar-refractivity contribution < 1.29 is 14.4 Å². The van der Waals surface area contributed by atoms with Gasteiger partial charge in [0.1, 0.15) is 6.54 Å². The number of fused-ring (bicyclic) bond motifs is 1. The second-order valence-electron chi connectivity index (χ2n) is 8.43. The molecule has 3 rings (SSSR count). The number of carbonyl (C=O) groups excluding carboxylic acids is 3. The maximum atomic E-state index is 12.8. The average molecular weight is 370 g/mol. The largest absolute Gasteiger partial charge is 0.324 e. The van der Waals surface area contributed by atoms with Gasteiger partial charge in [-0.15, -0.1) is 0 Å². The summed E-state index contributed by atoms with van der Waals surface area (Å²) in [5.41, 5.74) is 2.97. The van der Waals surface area contributed by atoms with Crippen LogP contribution in [-0.4, -0.2) is 29.2 Å². The Morgan fingerprint density at radius 3 is 1.93 bits per heavy atom. The van der Waals surface area contributed by atoms with E-state index in [4.69, 9.17) is 0 Å². The number of anilines is 1. The van der Waals surface area contributed by atoms with Gasteiger partial charge in [-0.25, -0.2) is 0 Å². The minimum absolute atomic E-state index is 0.166. The van der Waals surface area contributed by atoms with E-state index in [1.165, 1.54) is 4.90 Å². The fourth-order valence-corrected chi connectivity index (χ4v) is 4.40. The van der Waals surface area contributed by atoms with Crippen LogP contribution >= 0.6 is 0 Å². The van der Waals surface area contributed by atoms with Gasteiger partial charge in [-0.3, -0.25) is 19.3 Å². The molecule has 1 heterocycles. The number of imide groups is 1. The van der Waals surface area contributed by atoms with E-state index in [-0.39, 0.29) is 47.9 Å². The van der Waals surface area contributed by atoms with Crippen LogP contribution in [-0.2, 0) is 14.4 Å². The molecule has 0 radical (unpaired) electrons. The molecular weight excluding hydrogens is 340 g/mol. The Morgan fingerprint density at radius 1 is 1.00 bits per heavy atom. The van der Waals surface area contributed by atoms with Crippen molar-refractivity contribution >= 4 is 23.4 Å². The summed E-state index contributed by atoms with van der Waals surface area (Å²) in [4.78, 5) is 39.2. The van der Waals surface area contributed by atoms with Crippen molar-refractivity contribution in [2.75, 3.05) is 11.9 Å². The van der Waals surface area contributed by atoms with Crippen LogP contribution in [0, 0.1) is 11.8 Å². The van der Waals surface area contributed by atoms with Crippen molar-refractivity contribution in [3.8, 4) is 0 Å². The average Bonchev–Trinajstić information content (AvgIpc) is 2.86. The number of likely N-dealkylation sites (tertiary alicyclic amines) is 1. The van der Waals surface area contributed by atoms with Gasteiger partial charge in [0, 0.05) is 5.69 Å². The highest BCUT2D eigenvalue weighted by atomic mass is 16.2. The fraction of sp³-hybridized carbons (Fsp3) is 0.591. The smallest absolute Gasteiger partial charge is 0.244 e. The van der Waals surface area contributed by atoms with Crippen LogP contribution in [0.15, 0.2) is 18.2 Å². The number of rotatable bonds is 5. The molecular formula is C22H30N2O3. The van der Waals surface area contributed by atoms with E-state index in [0.29, 0.717) is 0 Å². The van der Waals surface area contributed by atoms with Gasteiger partial charge in [-0.05, 0) is 35.8 Å². The Morgan fingerprint density at radius 2 is 1.48 bits per heavy atom. The van der Waals surface area contributed by atoms with Gasteiger partial charge in [-0.2, -0.15) is 0 Å². The summed E-state index contributed by atoms with van der Waals surface area (Å²) in [6, 6.07) is 6.05. The standard InChI is InChI=1S/C22H30N2O3/c1-13(2)15-10-7-11-16(14(3)4)20(15)23-19(25)12-24-21(26)17-8-5-6-9-18(17)22(24)27/h7,10-11,13-14,17-18H,5-6,8-9,12H2,1-4H3,(H,23,25). The first-order valence-corrected chi connectivity index (χ1v) is 10.1. The van der Waals surface area contributed by atoms with E-state index in [9.17, 15) is 14.4 Å². The second kappa shape index (κ2) is 7.83. The van der Waals surface area contributed by atoms with Crippen LogP contribution in [0.4, 0.5) is 5.69 Å². The number of amides is 3. The first kappa shape index (κ1) is 19.6. The number of hydrogen-bond acceptors (Lipinski definition) is 3. The molecule has 5 nitrogen and oxygen atoms in total. The Labute approximate surface area is 161 Å². The van der Waals surface area contributed by atoms with Crippen LogP contribution in [0.5, 0.6) is 0 Å². The molecule has 1 aromatic carbocycles. The highest BCUT2D eigenvalue weighted by molar-refractivity contribution is 6.08. The quantitative estimate of drug-likeness (QED) is 0.795. The van der Waals surface area contributed by atoms with E-state index < -0.39 is 0 Å². The minimum atomic E-state index is -0.301. The fourth-order valence-electron chi connectivity index (χ4n) is 4.40. The summed E-state index contributed by atoms with van der Waals surface area (Å²) in [6.07, 6.45) is 3.50.